The van der Waals surface area contributed by atoms with Gasteiger partial charge in [-0.3, -0.25) is 9.69 Å². The summed E-state index contributed by atoms with van der Waals surface area (Å²) in [5, 5.41) is 0. The lowest BCUT2D eigenvalue weighted by atomic mass is 10.2. The number of ether oxygens (including phenoxy) is 1. The van der Waals surface area contributed by atoms with Crippen LogP contribution in [-0.2, 0) is 9.53 Å². The van der Waals surface area contributed by atoms with Crippen LogP contribution in [0.4, 0.5) is 4.79 Å². The van der Waals surface area contributed by atoms with Crippen molar-refractivity contribution in [3.05, 3.63) is 0 Å². The Balaban J connectivity index is 2.42. The molecule has 0 aromatic rings. The molecule has 0 aromatic heterocycles. The molecule has 6 heteroatoms. The first kappa shape index (κ1) is 12.9. The molecule has 1 heterocycles. The van der Waals surface area contributed by atoms with Gasteiger partial charge in [-0.1, -0.05) is 0 Å². The van der Waals surface area contributed by atoms with E-state index in [9.17, 15) is 9.59 Å². The molecule has 1 fully saturated rings. The maximum absolute atomic E-state index is 11.5. The molecule has 1 rings (SSSR count). The summed E-state index contributed by atoms with van der Waals surface area (Å²) in [6.45, 7) is 3.43. The monoisotopic (exact) mass is 229 g/mol. The Labute approximate surface area is 95.3 Å². The smallest absolute Gasteiger partial charge is 0.326 e. The molecule has 1 saturated heterocycles. The van der Waals surface area contributed by atoms with E-state index in [1.165, 1.54) is 9.80 Å². The van der Waals surface area contributed by atoms with Crippen molar-refractivity contribution in [1.82, 2.24) is 9.80 Å². The fraction of sp³-hybridized carbons (Fsp3) is 0.800. The van der Waals surface area contributed by atoms with Gasteiger partial charge in [0, 0.05) is 26.7 Å². The van der Waals surface area contributed by atoms with Crippen LogP contribution in [0, 0.1) is 0 Å². The predicted molar refractivity (Wildman–Crippen MR) is 58.8 cm³/mol. The van der Waals surface area contributed by atoms with E-state index in [-0.39, 0.29) is 24.6 Å². The molecule has 0 spiro atoms. The molecular weight excluding hydrogens is 210 g/mol. The van der Waals surface area contributed by atoms with Crippen LogP contribution in [0.15, 0.2) is 0 Å². The van der Waals surface area contributed by atoms with Crippen LogP contribution >= 0.6 is 0 Å². The first-order valence-electron chi connectivity index (χ1n) is 5.47. The highest BCUT2D eigenvalue weighted by atomic mass is 16.5. The fourth-order valence-corrected chi connectivity index (χ4v) is 1.67. The summed E-state index contributed by atoms with van der Waals surface area (Å²) in [7, 11) is 1.61. The molecule has 0 radical (unpaired) electrons. The number of carbonyl (C=O) groups excluding carboxylic acids is 2. The topological polar surface area (TPSA) is 75.9 Å². The van der Waals surface area contributed by atoms with E-state index in [1.807, 2.05) is 6.92 Å². The zero-order valence-electron chi connectivity index (χ0n) is 9.81. The van der Waals surface area contributed by atoms with E-state index < -0.39 is 0 Å². The van der Waals surface area contributed by atoms with Crippen LogP contribution in [0.2, 0.25) is 0 Å². The molecule has 92 valence electrons. The van der Waals surface area contributed by atoms with Gasteiger partial charge in [0.1, 0.15) is 6.54 Å². The van der Waals surface area contributed by atoms with Crippen molar-refractivity contribution < 1.29 is 14.3 Å². The third-order valence-corrected chi connectivity index (χ3v) is 2.57. The Kier molecular flexibility index (Phi) is 4.70. The Morgan fingerprint density at radius 3 is 2.62 bits per heavy atom. The van der Waals surface area contributed by atoms with Gasteiger partial charge in [0.15, 0.2) is 0 Å². The molecule has 1 atom stereocenters. The van der Waals surface area contributed by atoms with E-state index in [2.05, 4.69) is 0 Å². The van der Waals surface area contributed by atoms with Crippen molar-refractivity contribution in [2.45, 2.75) is 19.4 Å². The number of nitrogens with zero attached hydrogens (tertiary/aromatic N) is 2. The van der Waals surface area contributed by atoms with Gasteiger partial charge in [-0.2, -0.15) is 0 Å². The lowest BCUT2D eigenvalue weighted by Gasteiger charge is -2.18. The fourth-order valence-electron chi connectivity index (χ4n) is 1.67. The number of carbonyl (C=O) groups is 2. The Hall–Kier alpha value is -1.14. The molecule has 0 saturated carbocycles. The molecule has 1 unspecified atom stereocenters. The second kappa shape index (κ2) is 5.81. The van der Waals surface area contributed by atoms with E-state index in [0.29, 0.717) is 26.1 Å². The highest BCUT2D eigenvalue weighted by Crippen LogP contribution is 2.09. The average Bonchev–Trinajstić information content (AvgIpc) is 2.49. The number of amides is 3. The first-order chi connectivity index (χ1) is 7.60. The summed E-state index contributed by atoms with van der Waals surface area (Å²) in [6.07, 6.45) is 0.506. The van der Waals surface area contributed by atoms with Gasteiger partial charge in [-0.15, -0.1) is 0 Å². The number of rotatable bonds is 6. The van der Waals surface area contributed by atoms with Gasteiger partial charge in [-0.05, 0) is 13.3 Å². The molecule has 1 aliphatic rings. The average molecular weight is 229 g/mol. The summed E-state index contributed by atoms with van der Waals surface area (Å²) < 4.78 is 5.36. The van der Waals surface area contributed by atoms with Crippen molar-refractivity contribution in [1.29, 1.82) is 0 Å². The van der Waals surface area contributed by atoms with Crippen molar-refractivity contribution >= 4 is 11.9 Å². The number of hydrogen-bond acceptors (Lipinski definition) is 4. The minimum Gasteiger partial charge on any atom is -0.377 e. The molecule has 0 aromatic carbocycles. The highest BCUT2D eigenvalue weighted by Gasteiger charge is 2.33. The predicted octanol–water partition coefficient (Wildman–Crippen LogP) is -0.366. The van der Waals surface area contributed by atoms with Crippen LogP contribution in [0.1, 0.15) is 13.3 Å². The first-order valence-corrected chi connectivity index (χ1v) is 5.47. The highest BCUT2D eigenvalue weighted by molar-refractivity contribution is 6.01. The Morgan fingerprint density at radius 1 is 1.50 bits per heavy atom. The number of urea groups is 1. The number of imide groups is 1. The maximum Gasteiger partial charge on any atom is 0.326 e. The summed E-state index contributed by atoms with van der Waals surface area (Å²) in [4.78, 5) is 25.6. The molecule has 6 nitrogen and oxygen atoms in total. The minimum atomic E-state index is -0.239. The van der Waals surface area contributed by atoms with Crippen molar-refractivity contribution in [2.75, 3.05) is 33.3 Å². The van der Waals surface area contributed by atoms with Crippen molar-refractivity contribution in [2.24, 2.45) is 5.73 Å². The Morgan fingerprint density at radius 2 is 2.19 bits per heavy atom. The third-order valence-electron chi connectivity index (χ3n) is 2.57. The second-order valence-corrected chi connectivity index (χ2v) is 3.79. The standard InChI is InChI=1S/C10H19N3O3/c1-3-16-8(6-11)4-5-13-9(14)7-12(2)10(13)15/h8H,3-7,11H2,1-2H3. The van der Waals surface area contributed by atoms with E-state index in [4.69, 9.17) is 10.5 Å². The molecule has 0 bridgehead atoms. The molecule has 1 aliphatic heterocycles. The van der Waals surface area contributed by atoms with E-state index >= 15 is 0 Å². The quantitative estimate of drug-likeness (QED) is 0.631. The largest absolute Gasteiger partial charge is 0.377 e. The lowest BCUT2D eigenvalue weighted by molar-refractivity contribution is -0.125. The van der Waals surface area contributed by atoms with E-state index in [0.717, 1.165) is 0 Å². The lowest BCUT2D eigenvalue weighted by Crippen LogP contribution is -2.36. The summed E-state index contributed by atoms with van der Waals surface area (Å²) in [5.41, 5.74) is 5.52. The van der Waals surface area contributed by atoms with E-state index in [1.54, 1.807) is 7.05 Å². The van der Waals surface area contributed by atoms with Crippen molar-refractivity contribution in [3.63, 3.8) is 0 Å². The van der Waals surface area contributed by atoms with Crippen LogP contribution < -0.4 is 5.73 Å². The summed E-state index contributed by atoms with van der Waals surface area (Å²) in [6, 6.07) is -0.239. The molecule has 2 N–H and O–H groups in total. The summed E-state index contributed by atoms with van der Waals surface area (Å²) in [5.74, 6) is -0.153. The Bertz CT molecular complexity index is 270. The summed E-state index contributed by atoms with van der Waals surface area (Å²) >= 11 is 0. The second-order valence-electron chi connectivity index (χ2n) is 3.79. The van der Waals surface area contributed by atoms with Gasteiger partial charge in [0.25, 0.3) is 0 Å². The van der Waals surface area contributed by atoms with Crippen LogP contribution in [0.3, 0.4) is 0 Å². The zero-order chi connectivity index (χ0) is 12.1. The number of nitrogens with two attached hydrogens (primary N) is 1. The molecule has 0 aliphatic carbocycles. The van der Waals surface area contributed by atoms with Gasteiger partial charge in [0.05, 0.1) is 6.10 Å². The zero-order valence-corrected chi connectivity index (χ0v) is 9.81. The van der Waals surface area contributed by atoms with Gasteiger partial charge in [0.2, 0.25) is 5.91 Å². The maximum atomic E-state index is 11.5. The normalized spacial score (nSPS) is 18.4. The van der Waals surface area contributed by atoms with Gasteiger partial charge < -0.3 is 15.4 Å². The van der Waals surface area contributed by atoms with Crippen LogP contribution in [0.5, 0.6) is 0 Å². The minimum absolute atomic E-state index is 0.0866. The molecule has 16 heavy (non-hydrogen) atoms. The third kappa shape index (κ3) is 2.93. The number of hydrogen-bond donors (Lipinski definition) is 1. The molecule has 3 amide bonds. The van der Waals surface area contributed by atoms with Crippen LogP contribution in [-0.4, -0.2) is 61.1 Å². The van der Waals surface area contributed by atoms with Gasteiger partial charge >= 0.3 is 6.03 Å². The van der Waals surface area contributed by atoms with Crippen LogP contribution in [0.25, 0.3) is 0 Å². The van der Waals surface area contributed by atoms with Gasteiger partial charge in [-0.25, -0.2) is 4.79 Å². The van der Waals surface area contributed by atoms with Crippen molar-refractivity contribution in [3.8, 4) is 0 Å². The SMILES string of the molecule is CCOC(CN)CCN1C(=O)CN(C)C1=O. The number of likely N-dealkylation sites (N-methyl/N-ethyl adjacent to an activating group) is 1. The molecular formula is C10H19N3O3.